The number of fused-ring (bicyclic) bond motifs is 1. The number of hydrogen-bond donors (Lipinski definition) is 1. The largest absolute Gasteiger partial charge is 0.476 e. The van der Waals surface area contributed by atoms with Crippen LogP contribution in [0.1, 0.15) is 10.5 Å². The third-order valence-corrected chi connectivity index (χ3v) is 2.42. The summed E-state index contributed by atoms with van der Waals surface area (Å²) < 4.78 is 3.36. The van der Waals surface area contributed by atoms with Gasteiger partial charge >= 0.3 is 5.97 Å². The van der Waals surface area contributed by atoms with E-state index in [9.17, 15) is 4.79 Å². The summed E-state index contributed by atoms with van der Waals surface area (Å²) in [6.07, 6.45) is 6.75. The van der Waals surface area contributed by atoms with E-state index in [2.05, 4.69) is 10.1 Å². The predicted octanol–water partition coefficient (Wildman–Crippen LogP) is 1.22. The van der Waals surface area contributed by atoms with Gasteiger partial charge in [0.2, 0.25) is 0 Å². The van der Waals surface area contributed by atoms with Gasteiger partial charge in [-0.2, -0.15) is 5.10 Å². The molecule has 3 aromatic heterocycles. The van der Waals surface area contributed by atoms with E-state index in [1.54, 1.807) is 27.5 Å². The first-order chi connectivity index (χ1) is 8.24. The Bertz CT molecular complexity index is 685. The van der Waals surface area contributed by atoms with Crippen molar-refractivity contribution in [2.45, 2.75) is 0 Å². The number of hydrogen-bond acceptors (Lipinski definition) is 3. The highest BCUT2D eigenvalue weighted by Crippen LogP contribution is 2.10. The fraction of sp³-hybridized carbons (Fsp3) is 0. The van der Waals surface area contributed by atoms with Gasteiger partial charge in [-0.05, 0) is 18.2 Å². The maximum absolute atomic E-state index is 10.8. The molecule has 1 N–H and O–H groups in total. The Morgan fingerprint density at radius 2 is 2.18 bits per heavy atom. The molecule has 6 nitrogen and oxygen atoms in total. The average Bonchev–Trinajstić information content (AvgIpc) is 2.97. The summed E-state index contributed by atoms with van der Waals surface area (Å²) in [4.78, 5) is 14.8. The van der Waals surface area contributed by atoms with Crippen molar-refractivity contribution in [3.05, 3.63) is 48.7 Å². The molecule has 0 saturated carbocycles. The van der Waals surface area contributed by atoms with Gasteiger partial charge in [-0.3, -0.25) is 0 Å². The minimum Gasteiger partial charge on any atom is -0.476 e. The van der Waals surface area contributed by atoms with Crippen LogP contribution in [0.5, 0.6) is 0 Å². The normalized spacial score (nSPS) is 10.8. The van der Waals surface area contributed by atoms with Crippen LogP contribution in [-0.4, -0.2) is 30.2 Å². The van der Waals surface area contributed by atoms with Crippen molar-refractivity contribution in [1.82, 2.24) is 19.2 Å². The molecule has 0 aliphatic carbocycles. The number of nitrogens with zero attached hydrogens (tertiary/aromatic N) is 4. The molecule has 17 heavy (non-hydrogen) atoms. The smallest absolute Gasteiger partial charge is 0.356 e. The third kappa shape index (κ3) is 1.55. The van der Waals surface area contributed by atoms with E-state index in [1.165, 1.54) is 6.20 Å². The van der Waals surface area contributed by atoms with Crippen LogP contribution in [0.3, 0.4) is 0 Å². The van der Waals surface area contributed by atoms with Crippen LogP contribution < -0.4 is 0 Å². The second-order valence-corrected chi connectivity index (χ2v) is 3.53. The zero-order valence-electron chi connectivity index (χ0n) is 8.69. The van der Waals surface area contributed by atoms with Crippen LogP contribution in [0.4, 0.5) is 0 Å². The quantitative estimate of drug-likeness (QED) is 0.715. The minimum absolute atomic E-state index is 0.0302. The Hall–Kier alpha value is -2.63. The van der Waals surface area contributed by atoms with Crippen LogP contribution in [0.15, 0.2) is 43.0 Å². The van der Waals surface area contributed by atoms with E-state index in [0.717, 1.165) is 5.69 Å². The van der Waals surface area contributed by atoms with E-state index in [-0.39, 0.29) is 5.69 Å². The van der Waals surface area contributed by atoms with Crippen molar-refractivity contribution in [2.24, 2.45) is 0 Å². The van der Waals surface area contributed by atoms with Gasteiger partial charge < -0.3 is 9.51 Å². The molecule has 3 heterocycles. The van der Waals surface area contributed by atoms with Crippen LogP contribution in [0.2, 0.25) is 0 Å². The number of aromatic nitrogens is 4. The van der Waals surface area contributed by atoms with E-state index in [1.807, 2.05) is 18.3 Å². The fourth-order valence-corrected chi connectivity index (χ4v) is 1.64. The number of carboxylic acid groups (broad SMARTS) is 1. The Labute approximate surface area is 95.8 Å². The number of rotatable bonds is 2. The van der Waals surface area contributed by atoms with E-state index in [0.29, 0.717) is 5.65 Å². The first kappa shape index (κ1) is 9.59. The number of pyridine rings is 1. The van der Waals surface area contributed by atoms with Gasteiger partial charge in [0.1, 0.15) is 5.65 Å². The van der Waals surface area contributed by atoms with Gasteiger partial charge in [0.05, 0.1) is 5.69 Å². The van der Waals surface area contributed by atoms with Gasteiger partial charge in [-0.25, -0.2) is 14.5 Å². The number of carboxylic acids is 1. The lowest BCUT2D eigenvalue weighted by Crippen LogP contribution is -1.96. The van der Waals surface area contributed by atoms with Gasteiger partial charge in [-0.15, -0.1) is 0 Å². The number of carbonyl (C=O) groups is 1. The fourth-order valence-electron chi connectivity index (χ4n) is 1.64. The Balaban J connectivity index is 2.16. The van der Waals surface area contributed by atoms with Crippen LogP contribution in [0.25, 0.3) is 11.3 Å². The molecule has 0 aromatic carbocycles. The van der Waals surface area contributed by atoms with Crippen LogP contribution in [-0.2, 0) is 0 Å². The second kappa shape index (κ2) is 3.44. The maximum Gasteiger partial charge on any atom is 0.356 e. The molecule has 0 bridgehead atoms. The SMILES string of the molecule is O=C(O)c1cn2cc(-n3cccn3)ccc2n1. The van der Waals surface area contributed by atoms with Gasteiger partial charge in [-0.1, -0.05) is 0 Å². The number of imidazole rings is 1. The Morgan fingerprint density at radius 3 is 2.88 bits per heavy atom. The topological polar surface area (TPSA) is 72.4 Å². The van der Waals surface area contributed by atoms with Crippen molar-refractivity contribution in [3.63, 3.8) is 0 Å². The Morgan fingerprint density at radius 1 is 1.29 bits per heavy atom. The van der Waals surface area contributed by atoms with Gasteiger partial charge in [0, 0.05) is 24.8 Å². The summed E-state index contributed by atoms with van der Waals surface area (Å²) >= 11 is 0. The molecule has 0 unspecified atom stereocenters. The maximum atomic E-state index is 10.8. The van der Waals surface area contributed by atoms with E-state index < -0.39 is 5.97 Å². The van der Waals surface area contributed by atoms with E-state index >= 15 is 0 Å². The van der Waals surface area contributed by atoms with Crippen molar-refractivity contribution >= 4 is 11.6 Å². The predicted molar refractivity (Wildman–Crippen MR) is 59.3 cm³/mol. The highest BCUT2D eigenvalue weighted by Gasteiger charge is 2.08. The molecule has 3 aromatic rings. The van der Waals surface area contributed by atoms with Crippen molar-refractivity contribution in [2.75, 3.05) is 0 Å². The van der Waals surface area contributed by atoms with Crippen LogP contribution in [0, 0.1) is 0 Å². The highest BCUT2D eigenvalue weighted by molar-refractivity contribution is 5.86. The molecule has 0 spiro atoms. The molecule has 84 valence electrons. The summed E-state index contributed by atoms with van der Waals surface area (Å²) in [7, 11) is 0. The van der Waals surface area contributed by atoms with Gasteiger partial charge in [0.15, 0.2) is 5.69 Å². The summed E-state index contributed by atoms with van der Waals surface area (Å²) in [5.41, 5.74) is 1.47. The Kier molecular flexibility index (Phi) is 1.94. The van der Waals surface area contributed by atoms with Crippen LogP contribution >= 0.6 is 0 Å². The third-order valence-electron chi connectivity index (χ3n) is 2.42. The van der Waals surface area contributed by atoms with Gasteiger partial charge in [0.25, 0.3) is 0 Å². The lowest BCUT2D eigenvalue weighted by molar-refractivity contribution is 0.0691. The lowest BCUT2D eigenvalue weighted by Gasteiger charge is -2.01. The first-order valence-corrected chi connectivity index (χ1v) is 4.96. The second-order valence-electron chi connectivity index (χ2n) is 3.53. The molecule has 0 aliphatic rings. The molecule has 0 atom stereocenters. The summed E-state index contributed by atoms with van der Waals surface area (Å²) in [5.74, 6) is -1.03. The monoisotopic (exact) mass is 228 g/mol. The zero-order valence-corrected chi connectivity index (χ0v) is 8.69. The summed E-state index contributed by atoms with van der Waals surface area (Å²) in [6, 6.07) is 5.41. The molecule has 0 amide bonds. The molecule has 6 heteroatoms. The average molecular weight is 228 g/mol. The number of aromatic carboxylic acids is 1. The highest BCUT2D eigenvalue weighted by atomic mass is 16.4. The molecule has 0 fully saturated rings. The van der Waals surface area contributed by atoms with Crippen molar-refractivity contribution in [1.29, 1.82) is 0 Å². The molecular formula is C11H8N4O2. The van der Waals surface area contributed by atoms with Crippen molar-refractivity contribution < 1.29 is 9.90 Å². The molecule has 3 rings (SSSR count). The lowest BCUT2D eigenvalue weighted by atomic mass is 10.4. The molecule has 0 saturated heterocycles. The minimum atomic E-state index is -1.03. The zero-order chi connectivity index (χ0) is 11.8. The molecule has 0 aliphatic heterocycles. The standard InChI is InChI=1S/C11H8N4O2/c16-11(17)9-7-14-6-8(2-3-10(14)13-9)15-5-1-4-12-15/h1-7H,(H,16,17). The summed E-state index contributed by atoms with van der Waals surface area (Å²) in [6.45, 7) is 0. The molecule has 0 radical (unpaired) electrons. The first-order valence-electron chi connectivity index (χ1n) is 4.96. The molecular weight excluding hydrogens is 220 g/mol. The van der Waals surface area contributed by atoms with E-state index in [4.69, 9.17) is 5.11 Å². The van der Waals surface area contributed by atoms with Crippen molar-refractivity contribution in [3.8, 4) is 5.69 Å². The summed E-state index contributed by atoms with van der Waals surface area (Å²) in [5, 5.41) is 12.9.